The van der Waals surface area contributed by atoms with Crippen molar-refractivity contribution < 1.29 is 0 Å². The Bertz CT molecular complexity index is 267. The van der Waals surface area contributed by atoms with Gasteiger partial charge in [-0.1, -0.05) is 19.3 Å². The Morgan fingerprint density at radius 1 is 1.57 bits per heavy atom. The lowest BCUT2D eigenvalue weighted by atomic mass is 9.81. The number of anilines is 1. The summed E-state index contributed by atoms with van der Waals surface area (Å²) in [5.41, 5.74) is 1.14. The minimum absolute atomic E-state index is 0.574. The number of hydrogen-bond donors (Lipinski definition) is 1. The van der Waals surface area contributed by atoms with Crippen LogP contribution in [0.4, 0.5) is 5.69 Å². The average molecular weight is 190 g/mol. The minimum Gasteiger partial charge on any atom is -0.381 e. The Morgan fingerprint density at radius 3 is 3.00 bits per heavy atom. The zero-order valence-corrected chi connectivity index (χ0v) is 8.74. The molecule has 0 aliphatic heterocycles. The molecular formula is C12H18N2. The predicted octanol–water partition coefficient (Wildman–Crippen LogP) is 3.07. The standard InChI is InChI=1S/C12H18N2/c1-10(8-11-4-2-5-11)14-12-6-3-7-13-9-12/h3,6-7,9-11,14H,2,4-5,8H2,1H3. The molecule has 1 atom stereocenters. The Labute approximate surface area is 85.7 Å². The van der Waals surface area contributed by atoms with Gasteiger partial charge in [0, 0.05) is 18.4 Å². The number of aromatic nitrogens is 1. The van der Waals surface area contributed by atoms with Crippen molar-refractivity contribution in [3.63, 3.8) is 0 Å². The Balaban J connectivity index is 1.79. The summed E-state index contributed by atoms with van der Waals surface area (Å²) in [7, 11) is 0. The number of pyridine rings is 1. The van der Waals surface area contributed by atoms with Crippen LogP contribution in [0.5, 0.6) is 0 Å². The third-order valence-corrected chi connectivity index (χ3v) is 2.99. The highest BCUT2D eigenvalue weighted by Crippen LogP contribution is 2.30. The Morgan fingerprint density at radius 2 is 2.43 bits per heavy atom. The van der Waals surface area contributed by atoms with Gasteiger partial charge in [0.1, 0.15) is 0 Å². The van der Waals surface area contributed by atoms with Gasteiger partial charge in [0.15, 0.2) is 0 Å². The first-order chi connectivity index (χ1) is 6.84. The van der Waals surface area contributed by atoms with E-state index in [0.29, 0.717) is 6.04 Å². The van der Waals surface area contributed by atoms with Crippen molar-refractivity contribution in [2.45, 2.75) is 38.6 Å². The molecule has 0 spiro atoms. The summed E-state index contributed by atoms with van der Waals surface area (Å²) in [6.07, 6.45) is 9.29. The van der Waals surface area contributed by atoms with E-state index >= 15 is 0 Å². The highest BCUT2D eigenvalue weighted by atomic mass is 14.9. The molecule has 1 N–H and O–H groups in total. The Kier molecular flexibility index (Phi) is 3.02. The zero-order valence-electron chi connectivity index (χ0n) is 8.74. The van der Waals surface area contributed by atoms with E-state index in [0.717, 1.165) is 11.6 Å². The largest absolute Gasteiger partial charge is 0.381 e. The van der Waals surface area contributed by atoms with Crippen molar-refractivity contribution in [3.8, 4) is 0 Å². The van der Waals surface area contributed by atoms with Crippen LogP contribution in [0.15, 0.2) is 24.5 Å². The first-order valence-corrected chi connectivity index (χ1v) is 5.51. The first kappa shape index (κ1) is 9.50. The molecule has 1 unspecified atom stereocenters. The minimum atomic E-state index is 0.574. The lowest BCUT2D eigenvalue weighted by Crippen LogP contribution is -2.23. The van der Waals surface area contributed by atoms with Crippen LogP contribution in [0, 0.1) is 5.92 Å². The van der Waals surface area contributed by atoms with E-state index in [9.17, 15) is 0 Å². The summed E-state index contributed by atoms with van der Waals surface area (Å²) in [6, 6.07) is 4.62. The van der Waals surface area contributed by atoms with E-state index < -0.39 is 0 Å². The second-order valence-electron chi connectivity index (χ2n) is 4.32. The smallest absolute Gasteiger partial charge is 0.0528 e. The van der Waals surface area contributed by atoms with Gasteiger partial charge in [-0.2, -0.15) is 0 Å². The average Bonchev–Trinajstić information content (AvgIpc) is 2.13. The lowest BCUT2D eigenvalue weighted by molar-refractivity contribution is 0.286. The van der Waals surface area contributed by atoms with Gasteiger partial charge < -0.3 is 5.32 Å². The molecular weight excluding hydrogens is 172 g/mol. The third kappa shape index (κ3) is 2.47. The summed E-state index contributed by atoms with van der Waals surface area (Å²) in [5.74, 6) is 0.967. The van der Waals surface area contributed by atoms with Crippen LogP contribution in [0.3, 0.4) is 0 Å². The molecule has 1 aliphatic rings. The summed E-state index contributed by atoms with van der Waals surface area (Å²) < 4.78 is 0. The van der Waals surface area contributed by atoms with Crippen LogP contribution in [-0.2, 0) is 0 Å². The highest BCUT2D eigenvalue weighted by Gasteiger charge is 2.19. The molecule has 0 aromatic carbocycles. The van der Waals surface area contributed by atoms with Gasteiger partial charge >= 0.3 is 0 Å². The number of nitrogens with zero attached hydrogens (tertiary/aromatic N) is 1. The van der Waals surface area contributed by atoms with Gasteiger partial charge in [-0.3, -0.25) is 4.98 Å². The van der Waals surface area contributed by atoms with Crippen LogP contribution < -0.4 is 5.32 Å². The normalized spacial score (nSPS) is 18.6. The molecule has 2 nitrogen and oxygen atoms in total. The van der Waals surface area contributed by atoms with Crippen LogP contribution in [-0.4, -0.2) is 11.0 Å². The molecule has 0 amide bonds. The van der Waals surface area contributed by atoms with Gasteiger partial charge in [0.25, 0.3) is 0 Å². The lowest BCUT2D eigenvalue weighted by Gasteiger charge is -2.28. The van der Waals surface area contributed by atoms with Gasteiger partial charge in [-0.25, -0.2) is 0 Å². The van der Waals surface area contributed by atoms with E-state index in [1.807, 2.05) is 18.5 Å². The molecule has 2 rings (SSSR count). The maximum atomic E-state index is 4.09. The highest BCUT2D eigenvalue weighted by molar-refractivity contribution is 5.40. The predicted molar refractivity (Wildman–Crippen MR) is 59.3 cm³/mol. The number of nitrogens with one attached hydrogen (secondary N) is 1. The molecule has 1 aliphatic carbocycles. The second kappa shape index (κ2) is 4.45. The van der Waals surface area contributed by atoms with Gasteiger partial charge in [-0.15, -0.1) is 0 Å². The molecule has 14 heavy (non-hydrogen) atoms. The van der Waals surface area contributed by atoms with E-state index in [-0.39, 0.29) is 0 Å². The summed E-state index contributed by atoms with van der Waals surface area (Å²) in [5, 5.41) is 3.48. The second-order valence-corrected chi connectivity index (χ2v) is 4.32. The molecule has 1 heterocycles. The maximum Gasteiger partial charge on any atom is 0.0528 e. The summed E-state index contributed by atoms with van der Waals surface area (Å²) in [4.78, 5) is 4.09. The monoisotopic (exact) mass is 190 g/mol. The third-order valence-electron chi connectivity index (χ3n) is 2.99. The van der Waals surface area contributed by atoms with Crippen molar-refractivity contribution in [1.29, 1.82) is 0 Å². The molecule has 2 heteroatoms. The molecule has 0 saturated heterocycles. The van der Waals surface area contributed by atoms with Crippen LogP contribution in [0.25, 0.3) is 0 Å². The van der Waals surface area contributed by atoms with Gasteiger partial charge in [-0.05, 0) is 31.4 Å². The molecule has 1 saturated carbocycles. The quantitative estimate of drug-likeness (QED) is 0.789. The SMILES string of the molecule is CC(CC1CCC1)Nc1cccnc1. The van der Waals surface area contributed by atoms with Gasteiger partial charge in [0.2, 0.25) is 0 Å². The van der Waals surface area contributed by atoms with Crippen LogP contribution in [0.1, 0.15) is 32.6 Å². The summed E-state index contributed by atoms with van der Waals surface area (Å²) in [6.45, 7) is 2.26. The van der Waals surface area contributed by atoms with Crippen LogP contribution in [0.2, 0.25) is 0 Å². The number of rotatable bonds is 4. The van der Waals surface area contributed by atoms with E-state index in [4.69, 9.17) is 0 Å². The maximum absolute atomic E-state index is 4.09. The van der Waals surface area contributed by atoms with Crippen LogP contribution >= 0.6 is 0 Å². The van der Waals surface area contributed by atoms with Gasteiger partial charge in [0.05, 0.1) is 5.69 Å². The van der Waals surface area contributed by atoms with Crippen molar-refractivity contribution in [1.82, 2.24) is 4.98 Å². The van der Waals surface area contributed by atoms with E-state index in [1.54, 1.807) is 0 Å². The van der Waals surface area contributed by atoms with E-state index in [1.165, 1.54) is 25.7 Å². The molecule has 0 bridgehead atoms. The fourth-order valence-electron chi connectivity index (χ4n) is 2.02. The molecule has 76 valence electrons. The Hall–Kier alpha value is -1.05. The fraction of sp³-hybridized carbons (Fsp3) is 0.583. The summed E-state index contributed by atoms with van der Waals surface area (Å²) >= 11 is 0. The fourth-order valence-corrected chi connectivity index (χ4v) is 2.02. The molecule has 1 fully saturated rings. The van der Waals surface area contributed by atoms with Crippen molar-refractivity contribution in [3.05, 3.63) is 24.5 Å². The topological polar surface area (TPSA) is 24.9 Å². The zero-order chi connectivity index (χ0) is 9.80. The molecule has 1 aromatic rings. The van der Waals surface area contributed by atoms with Crippen molar-refractivity contribution >= 4 is 5.69 Å². The number of hydrogen-bond acceptors (Lipinski definition) is 2. The van der Waals surface area contributed by atoms with E-state index in [2.05, 4.69) is 23.3 Å². The molecule has 0 radical (unpaired) electrons. The van der Waals surface area contributed by atoms with Crippen molar-refractivity contribution in [2.24, 2.45) is 5.92 Å². The molecule has 1 aromatic heterocycles. The first-order valence-electron chi connectivity index (χ1n) is 5.51. The van der Waals surface area contributed by atoms with Crippen molar-refractivity contribution in [2.75, 3.05) is 5.32 Å².